The molecule has 6 nitrogen and oxygen atoms in total. The molecule has 0 atom stereocenters. The molecule has 0 aromatic heterocycles. The van der Waals surface area contributed by atoms with Crippen molar-refractivity contribution in [3.05, 3.63) is 94.5 Å². The highest BCUT2D eigenvalue weighted by Gasteiger charge is 2.20. The maximum absolute atomic E-state index is 12.9. The Labute approximate surface area is 180 Å². The topological polar surface area (TPSA) is 83.6 Å². The normalized spacial score (nSPS) is 11.3. The van der Waals surface area contributed by atoms with Crippen molar-refractivity contribution in [2.24, 2.45) is 0 Å². The number of sulfonamides is 1. The van der Waals surface area contributed by atoms with Crippen LogP contribution in [0.4, 0.5) is 5.69 Å². The van der Waals surface area contributed by atoms with E-state index in [2.05, 4.69) is 5.32 Å². The Kier molecular flexibility index (Phi) is 6.36. The van der Waals surface area contributed by atoms with Crippen molar-refractivity contribution in [3.8, 4) is 0 Å². The van der Waals surface area contributed by atoms with Crippen molar-refractivity contribution in [2.45, 2.75) is 4.90 Å². The van der Waals surface area contributed by atoms with E-state index in [1.165, 1.54) is 32.3 Å². The third-order valence-corrected chi connectivity index (χ3v) is 6.46. The fraction of sp³-hybridized carbons (Fsp3) is 0.0909. The first-order valence-electron chi connectivity index (χ1n) is 8.93. The van der Waals surface area contributed by atoms with Crippen LogP contribution in [0.5, 0.6) is 0 Å². The quantitative estimate of drug-likeness (QED) is 0.583. The van der Waals surface area contributed by atoms with Crippen LogP contribution in [-0.2, 0) is 10.0 Å². The maximum atomic E-state index is 12.9. The van der Waals surface area contributed by atoms with E-state index in [0.717, 1.165) is 4.31 Å². The molecule has 8 heteroatoms. The number of hydrogen-bond donors (Lipinski definition) is 1. The molecule has 0 spiro atoms. The summed E-state index contributed by atoms with van der Waals surface area (Å²) in [5.74, 6) is -0.839. The van der Waals surface area contributed by atoms with Crippen molar-refractivity contribution in [2.75, 3.05) is 19.4 Å². The van der Waals surface area contributed by atoms with Crippen LogP contribution in [0.2, 0.25) is 5.02 Å². The number of nitrogens with zero attached hydrogens (tertiary/aromatic N) is 1. The summed E-state index contributed by atoms with van der Waals surface area (Å²) in [7, 11) is -0.784. The fourth-order valence-electron chi connectivity index (χ4n) is 2.78. The van der Waals surface area contributed by atoms with E-state index in [1.807, 2.05) is 0 Å². The molecule has 0 unspecified atom stereocenters. The summed E-state index contributed by atoms with van der Waals surface area (Å²) >= 11 is 5.88. The van der Waals surface area contributed by atoms with Gasteiger partial charge in [0.25, 0.3) is 5.91 Å². The van der Waals surface area contributed by atoms with Crippen LogP contribution in [0.25, 0.3) is 0 Å². The summed E-state index contributed by atoms with van der Waals surface area (Å²) in [6, 6.07) is 18.8. The Balaban J connectivity index is 1.91. The van der Waals surface area contributed by atoms with Gasteiger partial charge in [-0.2, -0.15) is 0 Å². The summed E-state index contributed by atoms with van der Waals surface area (Å²) in [6.45, 7) is 0. The molecule has 3 aromatic rings. The van der Waals surface area contributed by atoms with Crippen molar-refractivity contribution >= 4 is 39.0 Å². The predicted molar refractivity (Wildman–Crippen MR) is 117 cm³/mol. The molecule has 0 bridgehead atoms. The van der Waals surface area contributed by atoms with Gasteiger partial charge in [-0.3, -0.25) is 9.59 Å². The highest BCUT2D eigenvalue weighted by molar-refractivity contribution is 7.89. The lowest BCUT2D eigenvalue weighted by Gasteiger charge is -2.13. The second-order valence-corrected chi connectivity index (χ2v) is 9.24. The highest BCUT2D eigenvalue weighted by atomic mass is 35.5. The Morgan fingerprint density at radius 3 is 2.13 bits per heavy atom. The monoisotopic (exact) mass is 442 g/mol. The standard InChI is InChI=1S/C22H19ClN2O4S/c1-25(2)30(28,29)18-7-5-6-17(14-18)24-22(27)20-9-4-3-8-19(20)21(26)15-10-12-16(23)13-11-15/h3-14H,1-2H3,(H,24,27). The number of hydrogen-bond acceptors (Lipinski definition) is 4. The van der Waals surface area contributed by atoms with E-state index in [1.54, 1.807) is 54.6 Å². The van der Waals surface area contributed by atoms with E-state index in [-0.39, 0.29) is 21.8 Å². The average Bonchev–Trinajstić information content (AvgIpc) is 2.74. The van der Waals surface area contributed by atoms with E-state index in [0.29, 0.717) is 16.3 Å². The minimum absolute atomic E-state index is 0.0517. The zero-order chi connectivity index (χ0) is 21.9. The SMILES string of the molecule is CN(C)S(=O)(=O)c1cccc(NC(=O)c2ccccc2C(=O)c2ccc(Cl)cc2)c1. The number of ketones is 1. The first-order chi connectivity index (χ1) is 14.2. The molecule has 1 amide bonds. The largest absolute Gasteiger partial charge is 0.322 e. The molecule has 0 heterocycles. The highest BCUT2D eigenvalue weighted by Crippen LogP contribution is 2.21. The van der Waals surface area contributed by atoms with Crippen LogP contribution in [-0.4, -0.2) is 38.5 Å². The van der Waals surface area contributed by atoms with Gasteiger partial charge in [0.05, 0.1) is 10.5 Å². The van der Waals surface area contributed by atoms with Crippen LogP contribution < -0.4 is 5.32 Å². The minimum Gasteiger partial charge on any atom is -0.322 e. The number of rotatable bonds is 6. The van der Waals surface area contributed by atoms with Crippen LogP contribution in [0.1, 0.15) is 26.3 Å². The molecule has 0 saturated heterocycles. The van der Waals surface area contributed by atoms with Gasteiger partial charge >= 0.3 is 0 Å². The van der Waals surface area contributed by atoms with Crippen LogP contribution >= 0.6 is 11.6 Å². The van der Waals surface area contributed by atoms with Gasteiger partial charge in [-0.1, -0.05) is 35.9 Å². The smallest absolute Gasteiger partial charge is 0.256 e. The maximum Gasteiger partial charge on any atom is 0.256 e. The molecular formula is C22H19ClN2O4S. The van der Waals surface area contributed by atoms with Crippen molar-refractivity contribution in [1.82, 2.24) is 4.31 Å². The minimum atomic E-state index is -3.64. The number of benzene rings is 3. The molecule has 0 fully saturated rings. The van der Waals surface area contributed by atoms with Crippen molar-refractivity contribution < 1.29 is 18.0 Å². The van der Waals surface area contributed by atoms with Crippen LogP contribution in [0.3, 0.4) is 0 Å². The number of carbonyl (C=O) groups excluding carboxylic acids is 2. The van der Waals surface area contributed by atoms with Crippen molar-refractivity contribution in [3.63, 3.8) is 0 Å². The predicted octanol–water partition coefficient (Wildman–Crippen LogP) is 4.07. The number of carbonyl (C=O) groups is 2. The van der Waals surface area contributed by atoms with Gasteiger partial charge in [0.1, 0.15) is 0 Å². The first-order valence-corrected chi connectivity index (χ1v) is 10.7. The van der Waals surface area contributed by atoms with Crippen LogP contribution in [0.15, 0.2) is 77.7 Å². The summed E-state index contributed by atoms with van der Waals surface area (Å²) in [5, 5.41) is 3.18. The Bertz CT molecular complexity index is 1210. The van der Waals surface area contributed by atoms with E-state index in [4.69, 9.17) is 11.6 Å². The fourth-order valence-corrected chi connectivity index (χ4v) is 3.85. The van der Waals surface area contributed by atoms with E-state index in [9.17, 15) is 18.0 Å². The molecule has 3 rings (SSSR count). The number of nitrogens with one attached hydrogen (secondary N) is 1. The molecule has 0 saturated carbocycles. The van der Waals surface area contributed by atoms with Crippen molar-refractivity contribution in [1.29, 1.82) is 0 Å². The van der Waals surface area contributed by atoms with E-state index >= 15 is 0 Å². The molecule has 0 radical (unpaired) electrons. The molecule has 3 aromatic carbocycles. The second kappa shape index (κ2) is 8.79. The lowest BCUT2D eigenvalue weighted by molar-refractivity contribution is 0.0996. The summed E-state index contributed by atoms with van der Waals surface area (Å²) < 4.78 is 25.7. The molecule has 0 aliphatic heterocycles. The van der Waals surface area contributed by atoms with Crippen LogP contribution in [0, 0.1) is 0 Å². The van der Waals surface area contributed by atoms with Gasteiger partial charge in [-0.15, -0.1) is 0 Å². The first kappa shape index (κ1) is 21.7. The molecule has 1 N–H and O–H groups in total. The lowest BCUT2D eigenvalue weighted by Crippen LogP contribution is -2.22. The average molecular weight is 443 g/mol. The summed E-state index contributed by atoms with van der Waals surface area (Å²) in [6.07, 6.45) is 0. The Morgan fingerprint density at radius 1 is 0.867 bits per heavy atom. The third-order valence-electron chi connectivity index (χ3n) is 4.39. The summed E-state index contributed by atoms with van der Waals surface area (Å²) in [4.78, 5) is 25.8. The van der Waals surface area contributed by atoms with Gasteiger partial charge in [0, 0.05) is 35.9 Å². The Morgan fingerprint density at radius 2 is 1.50 bits per heavy atom. The van der Waals surface area contributed by atoms with Gasteiger partial charge in [-0.25, -0.2) is 12.7 Å². The molecular weight excluding hydrogens is 424 g/mol. The molecule has 30 heavy (non-hydrogen) atoms. The van der Waals surface area contributed by atoms with Gasteiger partial charge in [-0.05, 0) is 48.5 Å². The van der Waals surface area contributed by atoms with Gasteiger partial charge in [0.15, 0.2) is 5.78 Å². The lowest BCUT2D eigenvalue weighted by atomic mass is 9.98. The molecule has 154 valence electrons. The number of anilines is 1. The zero-order valence-corrected chi connectivity index (χ0v) is 17.9. The molecule has 0 aliphatic rings. The molecule has 0 aliphatic carbocycles. The van der Waals surface area contributed by atoms with Gasteiger partial charge in [0.2, 0.25) is 10.0 Å². The van der Waals surface area contributed by atoms with E-state index < -0.39 is 15.9 Å². The third kappa shape index (κ3) is 4.59. The zero-order valence-electron chi connectivity index (χ0n) is 16.3. The van der Waals surface area contributed by atoms with Gasteiger partial charge < -0.3 is 5.32 Å². The Hall–Kier alpha value is -3.00. The number of halogens is 1. The summed E-state index contributed by atoms with van der Waals surface area (Å²) in [5.41, 5.74) is 1.11. The second-order valence-electron chi connectivity index (χ2n) is 6.65. The number of amides is 1.